The van der Waals surface area contributed by atoms with Gasteiger partial charge in [0, 0.05) is 0 Å². The maximum Gasteiger partial charge on any atom is 0.119 e. The van der Waals surface area contributed by atoms with E-state index in [2.05, 4.69) is 40.4 Å². The van der Waals surface area contributed by atoms with Crippen molar-refractivity contribution in [2.24, 2.45) is 0 Å². The van der Waals surface area contributed by atoms with Gasteiger partial charge >= 0.3 is 0 Å². The third-order valence-electron chi connectivity index (χ3n) is 9.61. The summed E-state index contributed by atoms with van der Waals surface area (Å²) in [6, 6.07) is 8.95. The zero-order chi connectivity index (χ0) is 31.4. The molecule has 1 rings (SSSR count). The zero-order valence-corrected chi connectivity index (χ0v) is 31.2. The topological polar surface area (TPSA) is 9.23 Å². The van der Waals surface area contributed by atoms with Crippen molar-refractivity contribution < 1.29 is 4.74 Å². The Morgan fingerprint density at radius 1 is 0.386 bits per heavy atom. The molecule has 258 valence electrons. The van der Waals surface area contributed by atoms with Crippen LogP contribution in [0.5, 0.6) is 5.75 Å². The van der Waals surface area contributed by atoms with Gasteiger partial charge in [-0.3, -0.25) is 0 Å². The maximum absolute atomic E-state index is 6.02. The lowest BCUT2D eigenvalue weighted by atomic mass is 10.0. The fourth-order valence-corrected chi connectivity index (χ4v) is 6.83. The third kappa shape index (κ3) is 30.1. The van der Waals surface area contributed by atoms with Crippen molar-refractivity contribution in [1.82, 2.24) is 0 Å². The van der Waals surface area contributed by atoms with Crippen LogP contribution in [0.2, 0.25) is 0 Å². The number of benzene rings is 1. The summed E-state index contributed by atoms with van der Waals surface area (Å²) < 4.78 is 6.02. The molecular formula is C42H79OP. The predicted octanol–water partition coefficient (Wildman–Crippen LogP) is 15.0. The van der Waals surface area contributed by atoms with Gasteiger partial charge in [0.05, 0.1) is 6.61 Å². The van der Waals surface area contributed by atoms with Gasteiger partial charge in [-0.15, -0.1) is 9.24 Å². The van der Waals surface area contributed by atoms with E-state index in [9.17, 15) is 0 Å². The van der Waals surface area contributed by atoms with Gasteiger partial charge < -0.3 is 4.74 Å². The van der Waals surface area contributed by atoms with E-state index in [1.54, 1.807) is 0 Å². The second-order valence-electron chi connectivity index (χ2n) is 14.0. The Hall–Kier alpha value is -0.550. The summed E-state index contributed by atoms with van der Waals surface area (Å²) in [5, 5.41) is 0. The first kappa shape index (κ1) is 41.5. The van der Waals surface area contributed by atoms with Crippen molar-refractivity contribution in [1.29, 1.82) is 0 Å². The first-order valence-electron chi connectivity index (χ1n) is 20.3. The molecule has 0 N–H and O–H groups in total. The maximum atomic E-state index is 6.02. The Morgan fingerprint density at radius 2 is 0.705 bits per heavy atom. The van der Waals surface area contributed by atoms with Crippen LogP contribution in [0.4, 0.5) is 0 Å². The Kier molecular flexibility index (Phi) is 33.3. The average molecular weight is 631 g/mol. The zero-order valence-electron chi connectivity index (χ0n) is 30.0. The molecule has 0 saturated carbocycles. The van der Waals surface area contributed by atoms with Crippen LogP contribution < -0.4 is 4.74 Å². The van der Waals surface area contributed by atoms with Crippen molar-refractivity contribution in [3.63, 3.8) is 0 Å². The average Bonchev–Trinajstić information content (AvgIpc) is 3.04. The van der Waals surface area contributed by atoms with Crippen molar-refractivity contribution in [3.8, 4) is 5.75 Å². The van der Waals surface area contributed by atoms with Gasteiger partial charge in [0.25, 0.3) is 0 Å². The number of unbranched alkanes of at least 4 members (excludes halogenated alkanes) is 30. The summed E-state index contributed by atoms with van der Waals surface area (Å²) in [6.45, 7) is 3.17. The van der Waals surface area contributed by atoms with Crippen LogP contribution in [0.1, 0.15) is 218 Å². The number of rotatable bonds is 36. The van der Waals surface area contributed by atoms with E-state index >= 15 is 0 Å². The number of aryl methyl sites for hydroxylation is 1. The van der Waals surface area contributed by atoms with Crippen LogP contribution in [-0.4, -0.2) is 12.8 Å². The molecule has 1 aromatic carbocycles. The molecule has 0 saturated heterocycles. The quantitative estimate of drug-likeness (QED) is 0.0529. The summed E-state index contributed by atoms with van der Waals surface area (Å²) in [6.07, 6.45) is 48.2. The molecule has 0 radical (unpaired) electrons. The molecule has 0 aliphatic carbocycles. The predicted molar refractivity (Wildman–Crippen MR) is 204 cm³/mol. The highest BCUT2D eigenvalue weighted by Crippen LogP contribution is 2.18. The highest BCUT2D eigenvalue weighted by Gasteiger charge is 1.99. The summed E-state index contributed by atoms with van der Waals surface area (Å²) in [5.41, 5.74) is 1.47. The van der Waals surface area contributed by atoms with Gasteiger partial charge in [-0.2, -0.15) is 0 Å². The molecule has 1 unspecified atom stereocenters. The van der Waals surface area contributed by atoms with Gasteiger partial charge in [-0.1, -0.05) is 205 Å². The summed E-state index contributed by atoms with van der Waals surface area (Å²) >= 11 is 0. The van der Waals surface area contributed by atoms with Crippen LogP contribution in [-0.2, 0) is 6.42 Å². The Balaban J connectivity index is 1.79. The minimum atomic E-state index is 0.871. The summed E-state index contributed by atoms with van der Waals surface area (Å²) in [7, 11) is 2.85. The molecule has 2 heteroatoms. The normalized spacial score (nSPS) is 11.4. The van der Waals surface area contributed by atoms with Crippen molar-refractivity contribution in [2.75, 3.05) is 12.8 Å². The van der Waals surface area contributed by atoms with Crippen LogP contribution in [0.25, 0.3) is 0 Å². The van der Waals surface area contributed by atoms with Crippen LogP contribution in [0.3, 0.4) is 0 Å². The molecule has 0 bridgehead atoms. The van der Waals surface area contributed by atoms with Gasteiger partial charge in [-0.25, -0.2) is 0 Å². The molecular weight excluding hydrogens is 551 g/mol. The largest absolute Gasteiger partial charge is 0.494 e. The van der Waals surface area contributed by atoms with E-state index in [0.717, 1.165) is 12.4 Å². The Morgan fingerprint density at radius 3 is 1.07 bits per heavy atom. The minimum Gasteiger partial charge on any atom is -0.494 e. The van der Waals surface area contributed by atoms with Gasteiger partial charge in [0.1, 0.15) is 5.75 Å². The highest BCUT2D eigenvalue weighted by molar-refractivity contribution is 7.16. The lowest BCUT2D eigenvalue weighted by Gasteiger charge is -2.08. The standard InChI is InChI=1S/C42H79OP/c1-2-3-4-5-6-7-8-9-10-14-17-20-23-26-29-32-39-43-42-37-35-41(36-38-42)34-31-28-25-22-19-16-13-11-12-15-18-21-24-27-30-33-40-44/h35-38H,2-34,39-40,44H2,1H3. The third-order valence-corrected chi connectivity index (χ3v) is 10.0. The number of hydrogen-bond donors (Lipinski definition) is 0. The first-order valence-corrected chi connectivity index (χ1v) is 21.1. The van der Waals surface area contributed by atoms with Gasteiger partial charge in [-0.05, 0) is 49.5 Å². The fourth-order valence-electron chi connectivity index (χ4n) is 6.54. The number of hydrogen-bond acceptors (Lipinski definition) is 1. The smallest absolute Gasteiger partial charge is 0.119 e. The van der Waals surface area contributed by atoms with E-state index < -0.39 is 0 Å². The Bertz CT molecular complexity index is 599. The van der Waals surface area contributed by atoms with E-state index in [4.69, 9.17) is 4.74 Å². The summed E-state index contributed by atoms with van der Waals surface area (Å²) in [5.74, 6) is 1.05. The molecule has 44 heavy (non-hydrogen) atoms. The first-order chi connectivity index (χ1) is 21.9. The molecule has 0 aromatic heterocycles. The number of ether oxygens (including phenoxy) is 1. The van der Waals surface area contributed by atoms with Gasteiger partial charge in [0.2, 0.25) is 0 Å². The molecule has 1 aromatic rings. The van der Waals surface area contributed by atoms with Crippen LogP contribution in [0.15, 0.2) is 24.3 Å². The SMILES string of the molecule is CCCCCCCCCCCCCCCCCCOc1ccc(CCCCCCCCCCCCCCCCCCP)cc1. The molecule has 0 spiro atoms. The van der Waals surface area contributed by atoms with E-state index in [1.807, 2.05) is 0 Å². The summed E-state index contributed by atoms with van der Waals surface area (Å²) in [4.78, 5) is 0. The van der Waals surface area contributed by atoms with Crippen LogP contribution >= 0.6 is 9.24 Å². The van der Waals surface area contributed by atoms with Crippen LogP contribution in [0, 0.1) is 0 Å². The second-order valence-corrected chi connectivity index (χ2v) is 14.6. The molecule has 0 amide bonds. The van der Waals surface area contributed by atoms with Crippen molar-refractivity contribution in [2.45, 2.75) is 219 Å². The van der Waals surface area contributed by atoms with E-state index in [-0.39, 0.29) is 0 Å². The molecule has 0 fully saturated rings. The molecule has 1 nitrogen and oxygen atoms in total. The molecule has 0 aliphatic heterocycles. The molecule has 0 heterocycles. The second kappa shape index (κ2) is 35.3. The monoisotopic (exact) mass is 631 g/mol. The Labute approximate surface area is 280 Å². The van der Waals surface area contributed by atoms with Crippen molar-refractivity contribution >= 4 is 9.24 Å². The molecule has 1 atom stereocenters. The minimum absolute atomic E-state index is 0.871. The highest BCUT2D eigenvalue weighted by atomic mass is 31.0. The lowest BCUT2D eigenvalue weighted by molar-refractivity contribution is 0.304. The van der Waals surface area contributed by atoms with E-state index in [1.165, 1.54) is 224 Å². The lowest BCUT2D eigenvalue weighted by Crippen LogP contribution is -1.97. The van der Waals surface area contributed by atoms with E-state index in [0.29, 0.717) is 0 Å². The van der Waals surface area contributed by atoms with Crippen molar-refractivity contribution in [3.05, 3.63) is 29.8 Å². The molecule has 0 aliphatic rings. The fraction of sp³-hybridized carbons (Fsp3) is 0.857. The van der Waals surface area contributed by atoms with Gasteiger partial charge in [0.15, 0.2) is 0 Å².